The van der Waals surface area contributed by atoms with Gasteiger partial charge >= 0.3 is 0 Å². The maximum Gasteiger partial charge on any atom is 0.0511 e. The molecular formula is C13H21IN2. The van der Waals surface area contributed by atoms with Gasteiger partial charge in [-0.2, -0.15) is 0 Å². The molecule has 0 amide bonds. The first kappa shape index (κ1) is 13.8. The largest absolute Gasteiger partial charge is 0.384 e. The fourth-order valence-electron chi connectivity index (χ4n) is 1.47. The minimum Gasteiger partial charge on any atom is -0.384 e. The fraction of sp³-hybridized carbons (Fsp3) is 0.538. The summed E-state index contributed by atoms with van der Waals surface area (Å²) < 4.78 is 1.07. The summed E-state index contributed by atoms with van der Waals surface area (Å²) in [6.07, 6.45) is 0. The molecule has 0 aliphatic heterocycles. The zero-order chi connectivity index (χ0) is 12.0. The van der Waals surface area contributed by atoms with Crippen molar-refractivity contribution in [3.05, 3.63) is 30.3 Å². The van der Waals surface area contributed by atoms with Gasteiger partial charge in [0.15, 0.2) is 0 Å². The Morgan fingerprint density at radius 3 is 2.31 bits per heavy atom. The van der Waals surface area contributed by atoms with Gasteiger partial charge in [0.1, 0.15) is 0 Å². The number of hydrogen-bond donors (Lipinski definition) is 1. The lowest BCUT2D eigenvalue weighted by Gasteiger charge is -2.34. The van der Waals surface area contributed by atoms with Crippen LogP contribution < -0.4 is 5.32 Å². The summed E-state index contributed by atoms with van der Waals surface area (Å²) in [5, 5.41) is 3.44. The van der Waals surface area contributed by atoms with Gasteiger partial charge in [0.25, 0.3) is 0 Å². The third-order valence-corrected chi connectivity index (χ3v) is 3.40. The van der Waals surface area contributed by atoms with E-state index in [1.807, 2.05) is 6.07 Å². The molecule has 16 heavy (non-hydrogen) atoms. The van der Waals surface area contributed by atoms with Crippen LogP contribution in [0.15, 0.2) is 30.3 Å². The molecule has 0 aromatic heterocycles. The minimum absolute atomic E-state index is 0.250. The first-order valence-electron chi connectivity index (χ1n) is 5.64. The van der Waals surface area contributed by atoms with Crippen LogP contribution in [0.5, 0.6) is 0 Å². The number of anilines is 1. The van der Waals surface area contributed by atoms with Gasteiger partial charge in [-0.25, -0.2) is 0 Å². The maximum atomic E-state index is 3.44. The van der Waals surface area contributed by atoms with E-state index in [9.17, 15) is 0 Å². The highest BCUT2D eigenvalue weighted by Crippen LogP contribution is 2.14. The first-order chi connectivity index (χ1) is 7.54. The number of halogens is 1. The second-order valence-corrected chi connectivity index (χ2v) is 5.53. The van der Waals surface area contributed by atoms with Crippen LogP contribution in [0.4, 0.5) is 5.69 Å². The first-order valence-corrected chi connectivity index (χ1v) is 7.16. The molecule has 0 unspecified atom stereocenters. The maximum absolute atomic E-state index is 3.44. The number of rotatable bonds is 5. The Morgan fingerprint density at radius 2 is 1.81 bits per heavy atom. The van der Waals surface area contributed by atoms with E-state index in [0.717, 1.165) is 17.6 Å². The van der Waals surface area contributed by atoms with Crippen molar-refractivity contribution in [2.75, 3.05) is 23.0 Å². The number of benzene rings is 1. The van der Waals surface area contributed by atoms with E-state index in [1.165, 1.54) is 5.69 Å². The monoisotopic (exact) mass is 332 g/mol. The van der Waals surface area contributed by atoms with Crippen LogP contribution in [-0.2, 0) is 0 Å². The van der Waals surface area contributed by atoms with Crippen molar-refractivity contribution >= 4 is 28.3 Å². The van der Waals surface area contributed by atoms with E-state index in [2.05, 4.69) is 77.8 Å². The van der Waals surface area contributed by atoms with E-state index in [4.69, 9.17) is 0 Å². The fourth-order valence-corrected chi connectivity index (χ4v) is 2.83. The van der Waals surface area contributed by atoms with Crippen LogP contribution in [0, 0.1) is 0 Å². The molecule has 3 heteroatoms. The van der Waals surface area contributed by atoms with E-state index in [-0.39, 0.29) is 5.54 Å². The van der Waals surface area contributed by atoms with Crippen molar-refractivity contribution in [2.45, 2.75) is 26.3 Å². The van der Waals surface area contributed by atoms with Crippen LogP contribution in [0.3, 0.4) is 0 Å². The standard InChI is InChI=1S/C13H21IN2/c1-13(2,3)16(11-14)10-9-15-12-7-5-4-6-8-12/h4-8,15H,9-11H2,1-3H3. The summed E-state index contributed by atoms with van der Waals surface area (Å²) in [6, 6.07) is 10.4. The summed E-state index contributed by atoms with van der Waals surface area (Å²) in [4.78, 5) is 2.46. The number of nitrogens with one attached hydrogen (secondary N) is 1. The Kier molecular flexibility index (Phi) is 5.55. The second kappa shape index (κ2) is 6.45. The molecule has 0 bridgehead atoms. The van der Waals surface area contributed by atoms with Crippen molar-refractivity contribution in [2.24, 2.45) is 0 Å². The van der Waals surface area contributed by atoms with Crippen molar-refractivity contribution in [1.29, 1.82) is 0 Å². The zero-order valence-electron chi connectivity index (χ0n) is 10.3. The van der Waals surface area contributed by atoms with Crippen molar-refractivity contribution in [3.8, 4) is 0 Å². The molecule has 1 N–H and O–H groups in total. The molecule has 0 atom stereocenters. The molecule has 0 heterocycles. The van der Waals surface area contributed by atoms with Gasteiger partial charge in [-0.15, -0.1) is 0 Å². The van der Waals surface area contributed by atoms with Crippen LogP contribution >= 0.6 is 22.6 Å². The van der Waals surface area contributed by atoms with Crippen molar-refractivity contribution < 1.29 is 0 Å². The summed E-state index contributed by atoms with van der Waals surface area (Å²) in [7, 11) is 0. The number of para-hydroxylation sites is 1. The lowest BCUT2D eigenvalue weighted by molar-refractivity contribution is 0.178. The predicted molar refractivity (Wildman–Crippen MR) is 80.3 cm³/mol. The van der Waals surface area contributed by atoms with Gasteiger partial charge in [0, 0.05) is 24.3 Å². The summed E-state index contributed by atoms with van der Waals surface area (Å²) >= 11 is 2.43. The summed E-state index contributed by atoms with van der Waals surface area (Å²) in [5.74, 6) is 0. The lowest BCUT2D eigenvalue weighted by Crippen LogP contribution is -2.42. The van der Waals surface area contributed by atoms with Crippen LogP contribution in [0.25, 0.3) is 0 Å². The number of nitrogens with zero attached hydrogens (tertiary/aromatic N) is 1. The SMILES string of the molecule is CC(C)(C)N(CI)CCNc1ccccc1. The molecule has 0 fully saturated rings. The third kappa shape index (κ3) is 4.70. The van der Waals surface area contributed by atoms with Crippen LogP contribution in [-0.4, -0.2) is 28.1 Å². The molecule has 2 nitrogen and oxygen atoms in total. The quantitative estimate of drug-likeness (QED) is 0.504. The molecule has 0 radical (unpaired) electrons. The Balaban J connectivity index is 2.35. The average molecular weight is 332 g/mol. The van der Waals surface area contributed by atoms with E-state index < -0.39 is 0 Å². The predicted octanol–water partition coefficient (Wildman–Crippen LogP) is 3.59. The van der Waals surface area contributed by atoms with Gasteiger partial charge in [0.05, 0.1) is 4.55 Å². The molecule has 1 rings (SSSR count). The normalized spacial score (nSPS) is 11.8. The van der Waals surface area contributed by atoms with E-state index in [1.54, 1.807) is 0 Å². The van der Waals surface area contributed by atoms with Gasteiger partial charge in [-0.05, 0) is 32.9 Å². The van der Waals surface area contributed by atoms with E-state index in [0.29, 0.717) is 0 Å². The number of hydrogen-bond acceptors (Lipinski definition) is 2. The highest BCUT2D eigenvalue weighted by molar-refractivity contribution is 14.1. The van der Waals surface area contributed by atoms with Gasteiger partial charge in [-0.1, -0.05) is 40.8 Å². The molecule has 1 aromatic carbocycles. The Hall–Kier alpha value is -0.290. The molecule has 90 valence electrons. The van der Waals surface area contributed by atoms with Crippen LogP contribution in [0.1, 0.15) is 20.8 Å². The molecule has 0 aliphatic carbocycles. The Labute approximate surface area is 113 Å². The average Bonchev–Trinajstić information content (AvgIpc) is 2.24. The van der Waals surface area contributed by atoms with Gasteiger partial charge in [-0.3, -0.25) is 4.90 Å². The molecule has 0 saturated carbocycles. The zero-order valence-corrected chi connectivity index (χ0v) is 12.5. The third-order valence-electron chi connectivity index (χ3n) is 2.58. The van der Waals surface area contributed by atoms with Crippen molar-refractivity contribution in [3.63, 3.8) is 0 Å². The Morgan fingerprint density at radius 1 is 1.19 bits per heavy atom. The lowest BCUT2D eigenvalue weighted by atomic mass is 10.1. The Bertz CT molecular complexity index is 293. The molecule has 0 aliphatic rings. The molecule has 1 aromatic rings. The molecule has 0 saturated heterocycles. The summed E-state index contributed by atoms with van der Waals surface area (Å²) in [5.41, 5.74) is 1.45. The summed E-state index contributed by atoms with van der Waals surface area (Å²) in [6.45, 7) is 8.84. The number of alkyl halides is 1. The molecular weight excluding hydrogens is 311 g/mol. The van der Waals surface area contributed by atoms with Gasteiger partial charge < -0.3 is 5.32 Å². The van der Waals surface area contributed by atoms with Gasteiger partial charge in [0.2, 0.25) is 0 Å². The van der Waals surface area contributed by atoms with Crippen LogP contribution in [0.2, 0.25) is 0 Å². The van der Waals surface area contributed by atoms with E-state index >= 15 is 0 Å². The minimum atomic E-state index is 0.250. The smallest absolute Gasteiger partial charge is 0.0511 e. The highest BCUT2D eigenvalue weighted by Gasteiger charge is 2.18. The highest BCUT2D eigenvalue weighted by atomic mass is 127. The molecule has 0 spiro atoms. The second-order valence-electron chi connectivity index (χ2n) is 4.85. The topological polar surface area (TPSA) is 15.3 Å². The van der Waals surface area contributed by atoms with Crippen molar-refractivity contribution in [1.82, 2.24) is 4.90 Å².